The van der Waals surface area contributed by atoms with E-state index in [1.54, 1.807) is 40.8 Å². The number of carbonyl (C=O) groups is 1. The molecule has 2 atom stereocenters. The van der Waals surface area contributed by atoms with Gasteiger partial charge < -0.3 is 9.64 Å². The van der Waals surface area contributed by atoms with Gasteiger partial charge in [-0.05, 0) is 55.0 Å². The van der Waals surface area contributed by atoms with Crippen LogP contribution in [-0.4, -0.2) is 67.1 Å². The lowest BCUT2D eigenvalue weighted by molar-refractivity contribution is 0.0758. The molecule has 0 bridgehead atoms. The number of benzene rings is 1. The Morgan fingerprint density at radius 2 is 1.93 bits per heavy atom. The quantitative estimate of drug-likeness (QED) is 0.728. The zero-order valence-corrected chi connectivity index (χ0v) is 17.9. The number of nitrogens with zero attached hydrogens (tertiary/aromatic N) is 3. The van der Waals surface area contributed by atoms with Gasteiger partial charge in [0, 0.05) is 38.6 Å². The smallest absolute Gasteiger partial charge is 0.255 e. The number of likely N-dealkylation sites (tertiary alicyclic amines) is 1. The zero-order chi connectivity index (χ0) is 21.1. The van der Waals surface area contributed by atoms with Gasteiger partial charge in [0.25, 0.3) is 5.91 Å². The Hall–Kier alpha value is -2.45. The predicted octanol–water partition coefficient (Wildman–Crippen LogP) is 2.20. The summed E-state index contributed by atoms with van der Waals surface area (Å²) in [6, 6.07) is 11.2. The van der Waals surface area contributed by atoms with Crippen LogP contribution in [-0.2, 0) is 16.4 Å². The van der Waals surface area contributed by atoms with Crippen LogP contribution < -0.4 is 4.74 Å². The molecule has 2 aliphatic rings. The highest BCUT2D eigenvalue weighted by Gasteiger charge is 2.46. The van der Waals surface area contributed by atoms with E-state index >= 15 is 0 Å². The maximum Gasteiger partial charge on any atom is 0.255 e. The number of methoxy groups -OCH3 is 1. The molecule has 160 valence electrons. The Balaban J connectivity index is 1.38. The number of fused-ring (bicyclic) bond motifs is 1. The molecule has 0 radical (unpaired) electrons. The molecule has 7 nitrogen and oxygen atoms in total. The fourth-order valence-corrected chi connectivity index (χ4v) is 6.68. The molecule has 1 aromatic carbocycles. The summed E-state index contributed by atoms with van der Waals surface area (Å²) in [5.41, 5.74) is 1.64. The lowest BCUT2D eigenvalue weighted by Gasteiger charge is -2.22. The number of hydrogen-bond donors (Lipinski definition) is 0. The number of pyridine rings is 1. The first-order chi connectivity index (χ1) is 14.5. The molecule has 0 spiro atoms. The van der Waals surface area contributed by atoms with Gasteiger partial charge in [-0.15, -0.1) is 0 Å². The molecule has 30 heavy (non-hydrogen) atoms. The molecule has 1 amide bonds. The standard InChI is InChI=1S/C22H27N3O4S/c1-29-20-6-4-17(5-7-20)8-14-25-16-19-9-12-24(13-10-21(19)30(25,27)28)22(26)18-3-2-11-23-15-18/h2-7,11,15,19,21H,8-10,12-14,16H2,1H3/t19-,21-/m1/s1. The number of rotatable bonds is 5. The highest BCUT2D eigenvalue weighted by atomic mass is 32.2. The van der Waals surface area contributed by atoms with Crippen LogP contribution in [0.5, 0.6) is 5.75 Å². The van der Waals surface area contributed by atoms with Gasteiger partial charge in [-0.1, -0.05) is 12.1 Å². The van der Waals surface area contributed by atoms with E-state index < -0.39 is 15.3 Å². The van der Waals surface area contributed by atoms with Crippen molar-refractivity contribution in [2.45, 2.75) is 24.5 Å². The lowest BCUT2D eigenvalue weighted by Crippen LogP contribution is -2.35. The molecule has 2 saturated heterocycles. The zero-order valence-electron chi connectivity index (χ0n) is 17.1. The molecule has 0 saturated carbocycles. The van der Waals surface area contributed by atoms with E-state index in [2.05, 4.69) is 4.98 Å². The van der Waals surface area contributed by atoms with Gasteiger partial charge >= 0.3 is 0 Å². The van der Waals surface area contributed by atoms with Gasteiger partial charge in [-0.25, -0.2) is 12.7 Å². The van der Waals surface area contributed by atoms with Crippen molar-refractivity contribution in [2.75, 3.05) is 33.3 Å². The second-order valence-corrected chi connectivity index (χ2v) is 10.1. The predicted molar refractivity (Wildman–Crippen MR) is 114 cm³/mol. The Morgan fingerprint density at radius 1 is 1.17 bits per heavy atom. The van der Waals surface area contributed by atoms with Crippen molar-refractivity contribution in [1.29, 1.82) is 0 Å². The molecule has 3 heterocycles. The number of carbonyl (C=O) groups excluding carboxylic acids is 1. The highest BCUT2D eigenvalue weighted by Crippen LogP contribution is 2.34. The van der Waals surface area contributed by atoms with Crippen molar-refractivity contribution >= 4 is 15.9 Å². The van der Waals surface area contributed by atoms with Crippen molar-refractivity contribution in [3.8, 4) is 5.75 Å². The number of amides is 1. The van der Waals surface area contributed by atoms with E-state index in [1.165, 1.54) is 0 Å². The molecule has 0 N–H and O–H groups in total. The fraction of sp³-hybridized carbons (Fsp3) is 0.455. The molecular formula is C22H27N3O4S. The molecule has 0 unspecified atom stereocenters. The molecule has 8 heteroatoms. The van der Waals surface area contributed by atoms with Crippen LogP contribution in [0.15, 0.2) is 48.8 Å². The lowest BCUT2D eigenvalue weighted by atomic mass is 10.0. The SMILES string of the molecule is COc1ccc(CCN2C[C@H]3CCN(C(=O)c4cccnc4)CC[C@H]3S2(=O)=O)cc1. The molecule has 1 aromatic heterocycles. The molecule has 2 aliphatic heterocycles. The summed E-state index contributed by atoms with van der Waals surface area (Å²) in [5.74, 6) is 0.787. The second-order valence-electron chi connectivity index (χ2n) is 7.91. The molecule has 4 rings (SSSR count). The van der Waals surface area contributed by atoms with Crippen LogP contribution in [0, 0.1) is 5.92 Å². The second kappa shape index (κ2) is 8.73. The molecule has 2 fully saturated rings. The van der Waals surface area contributed by atoms with Gasteiger partial charge in [0.15, 0.2) is 0 Å². The largest absolute Gasteiger partial charge is 0.497 e. The van der Waals surface area contributed by atoms with E-state index in [9.17, 15) is 13.2 Å². The molecular weight excluding hydrogens is 402 g/mol. The first kappa shape index (κ1) is 20.8. The number of sulfonamides is 1. The summed E-state index contributed by atoms with van der Waals surface area (Å²) in [4.78, 5) is 18.5. The highest BCUT2D eigenvalue weighted by molar-refractivity contribution is 7.90. The third-order valence-electron chi connectivity index (χ3n) is 6.16. The summed E-state index contributed by atoms with van der Waals surface area (Å²) in [5, 5.41) is -0.403. The maximum atomic E-state index is 13.1. The van der Waals surface area contributed by atoms with Crippen molar-refractivity contribution in [3.05, 3.63) is 59.9 Å². The van der Waals surface area contributed by atoms with Gasteiger partial charge in [-0.3, -0.25) is 9.78 Å². The van der Waals surface area contributed by atoms with Gasteiger partial charge in [0.1, 0.15) is 5.75 Å². The average Bonchev–Trinajstić information content (AvgIpc) is 2.90. The van der Waals surface area contributed by atoms with Gasteiger partial charge in [-0.2, -0.15) is 0 Å². The third-order valence-corrected chi connectivity index (χ3v) is 8.60. The minimum Gasteiger partial charge on any atom is -0.497 e. The van der Waals surface area contributed by atoms with Gasteiger partial charge in [0.2, 0.25) is 10.0 Å². The first-order valence-electron chi connectivity index (χ1n) is 10.3. The Bertz CT molecular complexity index is 979. The van der Waals surface area contributed by atoms with Crippen molar-refractivity contribution in [2.24, 2.45) is 5.92 Å². The normalized spacial score (nSPS) is 23.6. The van der Waals surface area contributed by atoms with Crippen LogP contribution in [0.3, 0.4) is 0 Å². The Kier molecular flexibility index (Phi) is 6.06. The molecule has 0 aliphatic carbocycles. The molecule has 2 aromatic rings. The van der Waals surface area contributed by atoms with E-state index in [1.807, 2.05) is 24.3 Å². The van der Waals surface area contributed by atoms with Crippen LogP contribution in [0.25, 0.3) is 0 Å². The van der Waals surface area contributed by atoms with Crippen LogP contribution in [0.2, 0.25) is 0 Å². The summed E-state index contributed by atoms with van der Waals surface area (Å²) in [7, 11) is -1.72. The first-order valence-corrected chi connectivity index (χ1v) is 11.8. The summed E-state index contributed by atoms with van der Waals surface area (Å²) < 4.78 is 33.1. The van der Waals surface area contributed by atoms with Crippen LogP contribution in [0.4, 0.5) is 0 Å². The minimum absolute atomic E-state index is 0.0672. The number of ether oxygens (including phenoxy) is 1. The van der Waals surface area contributed by atoms with Crippen molar-refractivity contribution in [3.63, 3.8) is 0 Å². The average molecular weight is 430 g/mol. The fourth-order valence-electron chi connectivity index (χ4n) is 4.44. The summed E-state index contributed by atoms with van der Waals surface area (Å²) in [6.45, 7) is 2.06. The topological polar surface area (TPSA) is 79.8 Å². The Morgan fingerprint density at radius 3 is 2.63 bits per heavy atom. The van der Waals surface area contributed by atoms with Crippen molar-refractivity contribution < 1.29 is 17.9 Å². The monoisotopic (exact) mass is 429 g/mol. The van der Waals surface area contributed by atoms with Crippen LogP contribution in [0.1, 0.15) is 28.8 Å². The van der Waals surface area contributed by atoms with E-state index in [0.29, 0.717) is 51.0 Å². The van der Waals surface area contributed by atoms with E-state index in [4.69, 9.17) is 4.74 Å². The third kappa shape index (κ3) is 4.20. The van der Waals surface area contributed by atoms with E-state index in [-0.39, 0.29) is 11.8 Å². The van der Waals surface area contributed by atoms with Gasteiger partial charge in [0.05, 0.1) is 17.9 Å². The number of aromatic nitrogens is 1. The maximum absolute atomic E-state index is 13.1. The van der Waals surface area contributed by atoms with E-state index in [0.717, 1.165) is 11.3 Å². The number of hydrogen-bond acceptors (Lipinski definition) is 5. The minimum atomic E-state index is -3.35. The summed E-state index contributed by atoms with van der Waals surface area (Å²) in [6.07, 6.45) is 5.06. The Labute approximate surface area is 177 Å². The van der Waals surface area contributed by atoms with Crippen LogP contribution >= 0.6 is 0 Å². The van der Waals surface area contributed by atoms with Crippen molar-refractivity contribution in [1.82, 2.24) is 14.2 Å². The summed E-state index contributed by atoms with van der Waals surface area (Å²) >= 11 is 0.